The van der Waals surface area contributed by atoms with E-state index in [0.29, 0.717) is 36.8 Å². The topological polar surface area (TPSA) is 56.9 Å². The summed E-state index contributed by atoms with van der Waals surface area (Å²) in [6, 6.07) is 11.0. The summed E-state index contributed by atoms with van der Waals surface area (Å²) in [6.07, 6.45) is 1.25. The van der Waals surface area contributed by atoms with Gasteiger partial charge in [-0.05, 0) is 23.8 Å². The highest BCUT2D eigenvalue weighted by Gasteiger charge is 2.24. The molecule has 0 unspecified atom stereocenters. The quantitative estimate of drug-likeness (QED) is 0.901. The molecule has 1 aromatic carbocycles. The summed E-state index contributed by atoms with van der Waals surface area (Å²) >= 11 is 6.12. The Morgan fingerprint density at radius 3 is 2.58 bits per heavy atom. The summed E-state index contributed by atoms with van der Waals surface area (Å²) in [5.74, 6) is 0.668. The largest absolute Gasteiger partial charge is 0.467 e. The third-order valence-electron chi connectivity index (χ3n) is 4.33. The van der Waals surface area contributed by atoms with Crippen molar-refractivity contribution in [1.29, 1.82) is 0 Å². The molecule has 128 valence electrons. The zero-order valence-electron chi connectivity index (χ0n) is 13.4. The fraction of sp³-hybridized carbons (Fsp3) is 0.389. The second-order valence-corrected chi connectivity index (χ2v) is 6.39. The molecule has 3 rings (SSSR count). The summed E-state index contributed by atoms with van der Waals surface area (Å²) in [5, 5.41) is 10.8. The molecule has 0 radical (unpaired) electrons. The van der Waals surface area contributed by atoms with Gasteiger partial charge in [-0.15, -0.1) is 0 Å². The molecule has 0 aliphatic carbocycles. The van der Waals surface area contributed by atoms with Gasteiger partial charge in [-0.25, -0.2) is 0 Å². The molecule has 5 nitrogen and oxygen atoms in total. The number of carbonyl (C=O) groups excluding carboxylic acids is 1. The van der Waals surface area contributed by atoms with E-state index in [0.717, 1.165) is 18.7 Å². The van der Waals surface area contributed by atoms with Crippen LogP contribution < -0.4 is 0 Å². The zero-order valence-corrected chi connectivity index (χ0v) is 14.2. The first-order valence-electron chi connectivity index (χ1n) is 8.08. The summed E-state index contributed by atoms with van der Waals surface area (Å²) in [7, 11) is 0. The maximum atomic E-state index is 12.4. The molecule has 1 atom stereocenters. The first-order chi connectivity index (χ1) is 11.6. The van der Waals surface area contributed by atoms with Gasteiger partial charge in [0.05, 0.1) is 12.7 Å². The number of rotatable bonds is 5. The van der Waals surface area contributed by atoms with E-state index in [-0.39, 0.29) is 5.91 Å². The van der Waals surface area contributed by atoms with Crippen LogP contribution in [0.3, 0.4) is 0 Å². The molecule has 2 heterocycles. The second-order valence-electron chi connectivity index (χ2n) is 5.98. The molecule has 0 bridgehead atoms. The Morgan fingerprint density at radius 2 is 1.92 bits per heavy atom. The number of furan rings is 1. The van der Waals surface area contributed by atoms with Crippen molar-refractivity contribution in [2.24, 2.45) is 0 Å². The van der Waals surface area contributed by atoms with Crippen LogP contribution in [0.1, 0.15) is 17.4 Å². The van der Waals surface area contributed by atoms with Gasteiger partial charge in [-0.1, -0.05) is 29.8 Å². The number of aliphatic hydroxyl groups excluding tert-OH is 1. The van der Waals surface area contributed by atoms with Crippen molar-refractivity contribution in [3.63, 3.8) is 0 Å². The molecule has 1 aromatic heterocycles. The fourth-order valence-electron chi connectivity index (χ4n) is 2.91. The van der Waals surface area contributed by atoms with Gasteiger partial charge in [-0.3, -0.25) is 9.69 Å². The Hall–Kier alpha value is -1.82. The van der Waals surface area contributed by atoms with Gasteiger partial charge in [0.1, 0.15) is 11.9 Å². The molecule has 1 amide bonds. The summed E-state index contributed by atoms with van der Waals surface area (Å²) < 4.78 is 5.22. The maximum Gasteiger partial charge on any atom is 0.227 e. The number of benzene rings is 1. The van der Waals surface area contributed by atoms with Gasteiger partial charge in [0.2, 0.25) is 5.91 Å². The number of hydrogen-bond donors (Lipinski definition) is 1. The van der Waals surface area contributed by atoms with Crippen LogP contribution in [0.15, 0.2) is 47.1 Å². The highest BCUT2D eigenvalue weighted by atomic mass is 35.5. The van der Waals surface area contributed by atoms with Crippen molar-refractivity contribution < 1.29 is 14.3 Å². The van der Waals surface area contributed by atoms with Crippen molar-refractivity contribution in [2.45, 2.75) is 12.5 Å². The number of β-amino-alcohol motifs (C(OH)–C–C–N with tert-alkyl or cyclic N) is 1. The van der Waals surface area contributed by atoms with E-state index in [1.807, 2.05) is 23.1 Å². The van der Waals surface area contributed by atoms with Crippen LogP contribution in [-0.2, 0) is 11.2 Å². The Kier molecular flexibility index (Phi) is 5.56. The average molecular weight is 349 g/mol. The van der Waals surface area contributed by atoms with E-state index >= 15 is 0 Å². The minimum Gasteiger partial charge on any atom is -0.467 e. The van der Waals surface area contributed by atoms with Crippen LogP contribution in [0.4, 0.5) is 0 Å². The van der Waals surface area contributed by atoms with Crippen LogP contribution >= 0.6 is 11.6 Å². The van der Waals surface area contributed by atoms with E-state index in [1.165, 1.54) is 0 Å². The van der Waals surface area contributed by atoms with Crippen molar-refractivity contribution >= 4 is 17.5 Å². The van der Waals surface area contributed by atoms with Crippen LogP contribution in [0, 0.1) is 0 Å². The van der Waals surface area contributed by atoms with Crippen LogP contribution in [-0.4, -0.2) is 53.5 Å². The van der Waals surface area contributed by atoms with Crippen LogP contribution in [0.25, 0.3) is 0 Å². The van der Waals surface area contributed by atoms with Crippen molar-refractivity contribution in [1.82, 2.24) is 9.80 Å². The summed E-state index contributed by atoms with van der Waals surface area (Å²) in [5.41, 5.74) is 0.861. The van der Waals surface area contributed by atoms with E-state index in [4.69, 9.17) is 16.0 Å². The number of carbonyl (C=O) groups is 1. The molecule has 6 heteroatoms. The molecule has 0 saturated carbocycles. The normalized spacial score (nSPS) is 17.0. The molecule has 24 heavy (non-hydrogen) atoms. The van der Waals surface area contributed by atoms with Gasteiger partial charge in [-0.2, -0.15) is 0 Å². The van der Waals surface area contributed by atoms with E-state index in [9.17, 15) is 9.90 Å². The molecule has 1 fully saturated rings. The molecule has 2 aromatic rings. The van der Waals surface area contributed by atoms with E-state index < -0.39 is 6.10 Å². The first kappa shape index (κ1) is 17.0. The minimum absolute atomic E-state index is 0.0920. The minimum atomic E-state index is -0.634. The monoisotopic (exact) mass is 348 g/mol. The van der Waals surface area contributed by atoms with Crippen molar-refractivity contribution in [3.8, 4) is 0 Å². The Morgan fingerprint density at radius 1 is 1.17 bits per heavy atom. The average Bonchev–Trinajstić information content (AvgIpc) is 3.12. The second kappa shape index (κ2) is 7.83. The Balaban J connectivity index is 1.48. The van der Waals surface area contributed by atoms with Crippen LogP contribution in [0.2, 0.25) is 5.02 Å². The molecule has 1 aliphatic rings. The Bertz CT molecular complexity index is 667. The van der Waals surface area contributed by atoms with Gasteiger partial charge in [0, 0.05) is 37.7 Å². The number of aliphatic hydroxyl groups is 1. The number of nitrogens with zero attached hydrogens (tertiary/aromatic N) is 2. The lowest BCUT2D eigenvalue weighted by Gasteiger charge is -2.35. The predicted octanol–water partition coefficient (Wildman–Crippen LogP) is 2.35. The Labute approximate surface area is 146 Å². The van der Waals surface area contributed by atoms with Crippen LogP contribution in [0.5, 0.6) is 0 Å². The summed E-state index contributed by atoms with van der Waals surface area (Å²) in [6.45, 7) is 3.32. The lowest BCUT2D eigenvalue weighted by molar-refractivity contribution is -0.132. The maximum absolute atomic E-state index is 12.4. The van der Waals surface area contributed by atoms with Gasteiger partial charge in [0.15, 0.2) is 0 Å². The van der Waals surface area contributed by atoms with Crippen molar-refractivity contribution in [3.05, 3.63) is 59.0 Å². The first-order valence-corrected chi connectivity index (χ1v) is 8.46. The SMILES string of the molecule is O=C(Cc1ccccc1Cl)N1CCN(C[C@@H](O)c2ccco2)CC1. The smallest absolute Gasteiger partial charge is 0.227 e. The number of piperazine rings is 1. The van der Waals surface area contributed by atoms with Gasteiger partial charge >= 0.3 is 0 Å². The highest BCUT2D eigenvalue weighted by Crippen LogP contribution is 2.18. The molecule has 0 spiro atoms. The third kappa shape index (κ3) is 4.17. The predicted molar refractivity (Wildman–Crippen MR) is 91.8 cm³/mol. The lowest BCUT2D eigenvalue weighted by Crippen LogP contribution is -2.50. The standard InChI is InChI=1S/C18H21ClN2O3/c19-15-5-2-1-4-14(15)12-18(23)21-9-7-20(8-10-21)13-16(22)17-6-3-11-24-17/h1-6,11,16,22H,7-10,12-13H2/t16-/m1/s1. The summed E-state index contributed by atoms with van der Waals surface area (Å²) in [4.78, 5) is 16.4. The third-order valence-corrected chi connectivity index (χ3v) is 4.70. The molecular formula is C18H21ClN2O3. The number of amides is 1. The molecule has 1 aliphatic heterocycles. The number of halogens is 1. The number of hydrogen-bond acceptors (Lipinski definition) is 4. The molecule has 1 saturated heterocycles. The molecule has 1 N–H and O–H groups in total. The molecular weight excluding hydrogens is 328 g/mol. The van der Waals surface area contributed by atoms with E-state index in [2.05, 4.69) is 4.90 Å². The zero-order chi connectivity index (χ0) is 16.9. The fourth-order valence-corrected chi connectivity index (χ4v) is 3.11. The highest BCUT2D eigenvalue weighted by molar-refractivity contribution is 6.31. The van der Waals surface area contributed by atoms with Crippen molar-refractivity contribution in [2.75, 3.05) is 32.7 Å². The van der Waals surface area contributed by atoms with Gasteiger partial charge in [0.25, 0.3) is 0 Å². The van der Waals surface area contributed by atoms with Gasteiger partial charge < -0.3 is 14.4 Å². The lowest BCUT2D eigenvalue weighted by atomic mass is 10.1. The van der Waals surface area contributed by atoms with E-state index in [1.54, 1.807) is 24.5 Å².